The molecule has 0 spiro atoms. The summed E-state index contributed by atoms with van der Waals surface area (Å²) in [7, 11) is 1.56. The molecule has 0 aliphatic rings. The SMILES string of the molecule is COc1ccccc1OCc1csc(C(=O)Nc2ccc(Cl)cc2[N+](=O)[O-])c1. The normalized spacial score (nSPS) is 10.4. The van der Waals surface area contributed by atoms with Crippen molar-refractivity contribution in [3.63, 3.8) is 0 Å². The lowest BCUT2D eigenvalue weighted by molar-refractivity contribution is -0.383. The number of carbonyl (C=O) groups is 1. The number of ether oxygens (including phenoxy) is 2. The molecule has 0 fully saturated rings. The molecule has 0 saturated heterocycles. The zero-order chi connectivity index (χ0) is 20.1. The largest absolute Gasteiger partial charge is 0.493 e. The van der Waals surface area contributed by atoms with Crippen molar-refractivity contribution in [2.45, 2.75) is 6.61 Å². The Bertz CT molecular complexity index is 1020. The number of nitrogens with one attached hydrogen (secondary N) is 1. The number of amides is 1. The number of rotatable bonds is 7. The molecular formula is C19H15ClN2O5S. The van der Waals surface area contributed by atoms with Gasteiger partial charge in [0.15, 0.2) is 11.5 Å². The van der Waals surface area contributed by atoms with Crippen LogP contribution < -0.4 is 14.8 Å². The predicted molar refractivity (Wildman–Crippen MR) is 108 cm³/mol. The Morgan fingerprint density at radius 1 is 1.21 bits per heavy atom. The number of hydrogen-bond acceptors (Lipinski definition) is 6. The second kappa shape index (κ2) is 8.73. The lowest BCUT2D eigenvalue weighted by Crippen LogP contribution is -2.11. The van der Waals surface area contributed by atoms with Crippen molar-refractivity contribution in [2.24, 2.45) is 0 Å². The van der Waals surface area contributed by atoms with Crippen LogP contribution in [-0.4, -0.2) is 17.9 Å². The zero-order valence-electron chi connectivity index (χ0n) is 14.7. The van der Waals surface area contributed by atoms with Gasteiger partial charge in [0, 0.05) is 16.7 Å². The summed E-state index contributed by atoms with van der Waals surface area (Å²) in [4.78, 5) is 23.4. The first-order valence-electron chi connectivity index (χ1n) is 8.06. The minimum Gasteiger partial charge on any atom is -0.493 e. The van der Waals surface area contributed by atoms with Crippen LogP contribution in [0.25, 0.3) is 0 Å². The van der Waals surface area contributed by atoms with Crippen LogP contribution in [0.3, 0.4) is 0 Å². The molecule has 1 amide bonds. The van der Waals surface area contributed by atoms with E-state index in [1.54, 1.807) is 30.7 Å². The minimum absolute atomic E-state index is 0.0830. The first-order chi connectivity index (χ1) is 13.5. The summed E-state index contributed by atoms with van der Waals surface area (Å²) in [5.41, 5.74) is 0.614. The highest BCUT2D eigenvalue weighted by molar-refractivity contribution is 7.12. The summed E-state index contributed by atoms with van der Waals surface area (Å²) >= 11 is 7.01. The van der Waals surface area contributed by atoms with Crippen molar-refractivity contribution >= 4 is 40.2 Å². The Hall–Kier alpha value is -3.10. The smallest absolute Gasteiger partial charge is 0.294 e. The van der Waals surface area contributed by atoms with E-state index < -0.39 is 10.8 Å². The molecule has 0 aliphatic heterocycles. The maximum atomic E-state index is 12.4. The Labute approximate surface area is 169 Å². The van der Waals surface area contributed by atoms with Gasteiger partial charge in [-0.15, -0.1) is 11.3 Å². The third-order valence-corrected chi connectivity index (χ3v) is 4.96. The molecule has 0 saturated carbocycles. The van der Waals surface area contributed by atoms with E-state index >= 15 is 0 Å². The van der Waals surface area contributed by atoms with E-state index in [0.29, 0.717) is 16.4 Å². The molecule has 0 unspecified atom stereocenters. The van der Waals surface area contributed by atoms with Gasteiger partial charge < -0.3 is 14.8 Å². The third kappa shape index (κ3) is 4.59. The Balaban J connectivity index is 1.68. The molecule has 1 N–H and O–H groups in total. The number of anilines is 1. The molecular weight excluding hydrogens is 404 g/mol. The molecule has 0 bridgehead atoms. The van der Waals surface area contributed by atoms with Crippen molar-refractivity contribution in [1.82, 2.24) is 0 Å². The minimum atomic E-state index is -0.595. The number of nitrogens with zero attached hydrogens (tertiary/aromatic N) is 1. The van der Waals surface area contributed by atoms with Gasteiger partial charge in [0.25, 0.3) is 11.6 Å². The van der Waals surface area contributed by atoms with Crippen LogP contribution in [-0.2, 0) is 6.61 Å². The average Bonchev–Trinajstić information content (AvgIpc) is 3.17. The van der Waals surface area contributed by atoms with Gasteiger partial charge in [-0.25, -0.2) is 0 Å². The van der Waals surface area contributed by atoms with Gasteiger partial charge in [0.1, 0.15) is 12.3 Å². The topological polar surface area (TPSA) is 90.7 Å². The number of methoxy groups -OCH3 is 1. The number of nitro groups is 1. The molecule has 28 heavy (non-hydrogen) atoms. The second-order valence-corrected chi connectivity index (χ2v) is 6.98. The van der Waals surface area contributed by atoms with Crippen molar-refractivity contribution in [1.29, 1.82) is 0 Å². The molecule has 0 radical (unpaired) electrons. The molecule has 144 valence electrons. The number of carbonyl (C=O) groups excluding carboxylic acids is 1. The molecule has 9 heteroatoms. The van der Waals surface area contributed by atoms with Gasteiger partial charge in [0.05, 0.1) is 16.9 Å². The highest BCUT2D eigenvalue weighted by Gasteiger charge is 2.18. The van der Waals surface area contributed by atoms with E-state index in [9.17, 15) is 14.9 Å². The first kappa shape index (κ1) is 19.7. The Morgan fingerprint density at radius 3 is 2.68 bits per heavy atom. The Morgan fingerprint density at radius 2 is 1.96 bits per heavy atom. The summed E-state index contributed by atoms with van der Waals surface area (Å²) in [5, 5.41) is 15.7. The van der Waals surface area contributed by atoms with Gasteiger partial charge in [-0.1, -0.05) is 23.7 Å². The van der Waals surface area contributed by atoms with Gasteiger partial charge in [-0.2, -0.15) is 0 Å². The molecule has 3 rings (SSSR count). The van der Waals surface area contributed by atoms with Crippen LogP contribution in [0.15, 0.2) is 53.9 Å². The fourth-order valence-corrected chi connectivity index (χ4v) is 3.37. The van der Waals surface area contributed by atoms with Gasteiger partial charge >= 0.3 is 0 Å². The van der Waals surface area contributed by atoms with Crippen LogP contribution in [0.4, 0.5) is 11.4 Å². The highest BCUT2D eigenvalue weighted by atomic mass is 35.5. The number of thiophene rings is 1. The maximum Gasteiger partial charge on any atom is 0.294 e. The van der Waals surface area contributed by atoms with E-state index in [1.807, 2.05) is 12.1 Å². The van der Waals surface area contributed by atoms with Crippen molar-refractivity contribution in [3.05, 3.63) is 79.5 Å². The third-order valence-electron chi connectivity index (χ3n) is 3.75. The maximum absolute atomic E-state index is 12.4. The summed E-state index contributed by atoms with van der Waals surface area (Å²) in [6.45, 7) is 0.255. The number of halogens is 1. The predicted octanol–water partition coefficient (Wildman–Crippen LogP) is 5.15. The Kier molecular flexibility index (Phi) is 6.13. The fourth-order valence-electron chi connectivity index (χ4n) is 2.41. The van der Waals surface area contributed by atoms with E-state index in [-0.39, 0.29) is 23.0 Å². The van der Waals surface area contributed by atoms with E-state index in [1.165, 1.54) is 29.5 Å². The summed E-state index contributed by atoms with van der Waals surface area (Å²) in [6.07, 6.45) is 0. The van der Waals surface area contributed by atoms with E-state index in [0.717, 1.165) is 5.56 Å². The van der Waals surface area contributed by atoms with Crippen LogP contribution in [0.1, 0.15) is 15.2 Å². The van der Waals surface area contributed by atoms with Crippen molar-refractivity contribution in [2.75, 3.05) is 12.4 Å². The van der Waals surface area contributed by atoms with Gasteiger partial charge in [-0.05, 0) is 35.7 Å². The van der Waals surface area contributed by atoms with Crippen LogP contribution in [0.5, 0.6) is 11.5 Å². The fraction of sp³-hybridized carbons (Fsp3) is 0.105. The summed E-state index contributed by atoms with van der Waals surface area (Å²) in [5.74, 6) is 0.767. The quantitative estimate of drug-likeness (QED) is 0.423. The van der Waals surface area contributed by atoms with Crippen molar-refractivity contribution < 1.29 is 19.2 Å². The summed E-state index contributed by atoms with van der Waals surface area (Å²) < 4.78 is 11.0. The average molecular weight is 419 g/mol. The van der Waals surface area contributed by atoms with E-state index in [4.69, 9.17) is 21.1 Å². The number of hydrogen-bond donors (Lipinski definition) is 1. The van der Waals surface area contributed by atoms with Crippen LogP contribution in [0, 0.1) is 10.1 Å². The molecule has 7 nitrogen and oxygen atoms in total. The molecule has 2 aromatic carbocycles. The van der Waals surface area contributed by atoms with E-state index in [2.05, 4.69) is 5.32 Å². The first-order valence-corrected chi connectivity index (χ1v) is 9.32. The molecule has 1 aromatic heterocycles. The lowest BCUT2D eigenvalue weighted by Gasteiger charge is -2.09. The highest BCUT2D eigenvalue weighted by Crippen LogP contribution is 2.30. The summed E-state index contributed by atoms with van der Waals surface area (Å²) in [6, 6.07) is 13.0. The lowest BCUT2D eigenvalue weighted by atomic mass is 10.2. The standard InChI is InChI=1S/C19H15ClN2O5S/c1-26-16-4-2-3-5-17(16)27-10-12-8-18(28-11-12)19(23)21-14-7-6-13(20)9-15(14)22(24)25/h2-9,11H,10H2,1H3,(H,21,23). The number of nitro benzene ring substituents is 1. The van der Waals surface area contributed by atoms with Gasteiger partial charge in [0.2, 0.25) is 0 Å². The number of benzene rings is 2. The van der Waals surface area contributed by atoms with Gasteiger partial charge in [-0.3, -0.25) is 14.9 Å². The molecule has 0 aliphatic carbocycles. The molecule has 1 heterocycles. The zero-order valence-corrected chi connectivity index (χ0v) is 16.3. The van der Waals surface area contributed by atoms with Crippen molar-refractivity contribution in [3.8, 4) is 11.5 Å². The molecule has 0 atom stereocenters. The van der Waals surface area contributed by atoms with Crippen LogP contribution >= 0.6 is 22.9 Å². The molecule has 3 aromatic rings. The van der Waals surface area contributed by atoms with Crippen LogP contribution in [0.2, 0.25) is 5.02 Å². The monoisotopic (exact) mass is 418 g/mol. The number of para-hydroxylation sites is 2. The second-order valence-electron chi connectivity index (χ2n) is 5.63.